The Kier molecular flexibility index (Phi) is 4.02. The van der Waals surface area contributed by atoms with E-state index in [9.17, 15) is 10.0 Å². The van der Waals surface area contributed by atoms with Crippen LogP contribution in [0.15, 0.2) is 0 Å². The first-order valence-corrected chi connectivity index (χ1v) is 10.0. The average molecular weight is 366 g/mol. The van der Waals surface area contributed by atoms with Gasteiger partial charge in [-0.1, -0.05) is 0 Å². The maximum atomic E-state index is 13.6. The third-order valence-electron chi connectivity index (χ3n) is 7.43. The van der Waals surface area contributed by atoms with Gasteiger partial charge in [0.25, 0.3) is 0 Å². The maximum absolute atomic E-state index is 13.6. The van der Waals surface area contributed by atoms with Gasteiger partial charge in [0.1, 0.15) is 5.78 Å². The molecule has 145 valence electrons. The molecule has 7 heteroatoms. The fourth-order valence-electron chi connectivity index (χ4n) is 5.97. The number of nitrogens with zero attached hydrogens (tertiary/aromatic N) is 1. The van der Waals surface area contributed by atoms with E-state index in [0.717, 1.165) is 0 Å². The Balaban J connectivity index is 1.35. The number of ether oxygens (including phenoxy) is 4. The molecule has 2 aliphatic carbocycles. The van der Waals surface area contributed by atoms with Gasteiger partial charge < -0.3 is 18.9 Å². The molecule has 4 spiro atoms. The Morgan fingerprint density at radius 3 is 1.31 bits per heavy atom. The molecule has 1 radical (unpaired) electrons. The van der Waals surface area contributed by atoms with Crippen LogP contribution in [0.4, 0.5) is 0 Å². The lowest BCUT2D eigenvalue weighted by atomic mass is 9.65. The first-order valence-electron chi connectivity index (χ1n) is 10.0. The van der Waals surface area contributed by atoms with Crippen molar-refractivity contribution in [3.8, 4) is 0 Å². The molecule has 3 aliphatic heterocycles. The Morgan fingerprint density at radius 1 is 0.615 bits per heavy atom. The van der Waals surface area contributed by atoms with Crippen molar-refractivity contribution in [1.29, 1.82) is 0 Å². The molecule has 0 unspecified atom stereocenters. The fourth-order valence-corrected chi connectivity index (χ4v) is 5.97. The highest BCUT2D eigenvalue weighted by atomic mass is 16.7. The normalized spacial score (nSPS) is 38.7. The van der Waals surface area contributed by atoms with Gasteiger partial charge in [0.2, 0.25) is 0 Å². The highest BCUT2D eigenvalue weighted by molar-refractivity contribution is 5.82. The molecule has 5 fully saturated rings. The lowest BCUT2D eigenvalue weighted by Gasteiger charge is -2.57. The Hall–Kier alpha value is -0.570. The highest BCUT2D eigenvalue weighted by Crippen LogP contribution is 2.54. The van der Waals surface area contributed by atoms with Crippen LogP contribution in [0.1, 0.15) is 64.2 Å². The van der Waals surface area contributed by atoms with E-state index in [1.807, 2.05) is 0 Å². The van der Waals surface area contributed by atoms with Gasteiger partial charge in [0.15, 0.2) is 11.6 Å². The predicted octanol–water partition coefficient (Wildman–Crippen LogP) is 2.11. The van der Waals surface area contributed by atoms with E-state index in [4.69, 9.17) is 18.9 Å². The van der Waals surface area contributed by atoms with Crippen molar-refractivity contribution in [2.45, 2.75) is 86.9 Å². The van der Waals surface area contributed by atoms with E-state index in [1.165, 1.54) is 5.06 Å². The molecule has 5 aliphatic rings. The monoisotopic (exact) mass is 366 g/mol. The first kappa shape index (κ1) is 17.5. The predicted molar refractivity (Wildman–Crippen MR) is 88.4 cm³/mol. The number of hydrogen-bond acceptors (Lipinski definition) is 6. The Morgan fingerprint density at radius 2 is 0.962 bits per heavy atom. The number of hydrogen-bond donors (Lipinski definition) is 0. The van der Waals surface area contributed by atoms with Crippen LogP contribution in [0.25, 0.3) is 0 Å². The molecule has 0 aromatic heterocycles. The number of rotatable bonds is 0. The minimum absolute atomic E-state index is 0.227. The molecule has 3 heterocycles. The van der Waals surface area contributed by atoms with Crippen LogP contribution in [-0.2, 0) is 28.9 Å². The van der Waals surface area contributed by atoms with Crippen LogP contribution >= 0.6 is 0 Å². The molecule has 5 rings (SSSR count). The number of hydroxylamine groups is 2. The summed E-state index contributed by atoms with van der Waals surface area (Å²) in [6.45, 7) is 2.50. The molecule has 0 aromatic rings. The van der Waals surface area contributed by atoms with Crippen LogP contribution in [0.5, 0.6) is 0 Å². The Bertz CT molecular complexity index is 513. The average Bonchev–Trinajstić information content (AvgIpc) is 3.29. The molecule has 2 saturated carbocycles. The standard InChI is InChI=1S/C19H28NO6/c21-15-13-16(1-5-18(6-2-16)23-9-10-24-18)20(22)17(14-15)3-7-19(8-4-17)25-11-12-26-19/h1-14H2. The van der Waals surface area contributed by atoms with Crippen molar-refractivity contribution < 1.29 is 28.9 Å². The topological polar surface area (TPSA) is 77.1 Å². The number of piperidine rings is 1. The summed E-state index contributed by atoms with van der Waals surface area (Å²) in [4.78, 5) is 12.7. The van der Waals surface area contributed by atoms with Crippen LogP contribution in [0.2, 0.25) is 0 Å². The van der Waals surface area contributed by atoms with Crippen molar-refractivity contribution in [3.63, 3.8) is 0 Å². The molecule has 0 atom stereocenters. The van der Waals surface area contributed by atoms with Gasteiger partial charge in [-0.05, 0) is 25.7 Å². The third-order valence-corrected chi connectivity index (χ3v) is 7.43. The Labute approximate surface area is 153 Å². The van der Waals surface area contributed by atoms with Crippen LogP contribution in [0.3, 0.4) is 0 Å². The zero-order valence-corrected chi connectivity index (χ0v) is 15.3. The van der Waals surface area contributed by atoms with E-state index < -0.39 is 22.7 Å². The first-order chi connectivity index (χ1) is 12.5. The minimum Gasteiger partial charge on any atom is -0.348 e. The third kappa shape index (κ3) is 2.59. The van der Waals surface area contributed by atoms with E-state index in [0.29, 0.717) is 90.6 Å². The molecule has 26 heavy (non-hydrogen) atoms. The largest absolute Gasteiger partial charge is 0.348 e. The van der Waals surface area contributed by atoms with E-state index in [-0.39, 0.29) is 5.78 Å². The van der Waals surface area contributed by atoms with Crippen LogP contribution in [-0.4, -0.2) is 59.9 Å². The number of carbonyl (C=O) groups excluding carboxylic acids is 1. The second kappa shape index (κ2) is 5.96. The molecule has 0 N–H and O–H groups in total. The summed E-state index contributed by atoms with van der Waals surface area (Å²) in [6.07, 6.45) is 6.21. The molecule has 0 amide bonds. The summed E-state index contributed by atoms with van der Waals surface area (Å²) in [5.74, 6) is -0.797. The summed E-state index contributed by atoms with van der Waals surface area (Å²) in [5.41, 5.74) is -1.17. The van der Waals surface area contributed by atoms with E-state index >= 15 is 0 Å². The molecule has 0 bridgehead atoms. The number of carbonyl (C=O) groups is 1. The quantitative estimate of drug-likeness (QED) is 0.653. The van der Waals surface area contributed by atoms with Gasteiger partial charge in [-0.15, -0.1) is 10.3 Å². The zero-order valence-electron chi connectivity index (χ0n) is 15.3. The van der Waals surface area contributed by atoms with Crippen LogP contribution in [0, 0.1) is 0 Å². The van der Waals surface area contributed by atoms with Crippen molar-refractivity contribution in [2.75, 3.05) is 26.4 Å². The van der Waals surface area contributed by atoms with Gasteiger partial charge in [-0.3, -0.25) is 4.79 Å². The molecular weight excluding hydrogens is 338 g/mol. The summed E-state index contributed by atoms with van der Waals surface area (Å²) < 4.78 is 23.3. The van der Waals surface area contributed by atoms with Crippen molar-refractivity contribution >= 4 is 5.78 Å². The van der Waals surface area contributed by atoms with E-state index in [2.05, 4.69) is 0 Å². The highest BCUT2D eigenvalue weighted by Gasteiger charge is 2.60. The van der Waals surface area contributed by atoms with Gasteiger partial charge in [-0.25, -0.2) is 0 Å². The smallest absolute Gasteiger partial charge is 0.168 e. The van der Waals surface area contributed by atoms with Crippen molar-refractivity contribution in [3.05, 3.63) is 0 Å². The lowest BCUT2D eigenvalue weighted by Crippen LogP contribution is -2.67. The van der Waals surface area contributed by atoms with Gasteiger partial charge in [-0.2, -0.15) is 0 Å². The SMILES string of the molecule is [O]N1C2(CCC3(CC2)OCCO3)CC(=O)CC12CCC1(CC2)OCCO1. The summed E-state index contributed by atoms with van der Waals surface area (Å²) >= 11 is 0. The fraction of sp³-hybridized carbons (Fsp3) is 0.947. The second-order valence-electron chi connectivity index (χ2n) is 8.85. The molecular formula is C19H28NO6. The maximum Gasteiger partial charge on any atom is 0.168 e. The lowest BCUT2D eigenvalue weighted by molar-refractivity contribution is -0.331. The summed E-state index contributed by atoms with van der Waals surface area (Å²) in [7, 11) is 0. The van der Waals surface area contributed by atoms with Crippen molar-refractivity contribution in [1.82, 2.24) is 5.06 Å². The van der Waals surface area contributed by atoms with Crippen LogP contribution < -0.4 is 0 Å². The van der Waals surface area contributed by atoms with Gasteiger partial charge in [0.05, 0.1) is 37.5 Å². The van der Waals surface area contributed by atoms with Gasteiger partial charge >= 0.3 is 0 Å². The number of ketones is 1. The summed E-state index contributed by atoms with van der Waals surface area (Å²) in [6, 6.07) is 0. The van der Waals surface area contributed by atoms with Crippen molar-refractivity contribution in [2.24, 2.45) is 0 Å². The summed E-state index contributed by atoms with van der Waals surface area (Å²) in [5, 5.41) is 15.0. The van der Waals surface area contributed by atoms with Gasteiger partial charge in [0, 0.05) is 38.5 Å². The zero-order chi connectivity index (χ0) is 17.9. The molecule has 7 nitrogen and oxygen atoms in total. The van der Waals surface area contributed by atoms with E-state index in [1.54, 1.807) is 0 Å². The minimum atomic E-state index is -0.586. The second-order valence-corrected chi connectivity index (χ2v) is 8.85. The molecule has 3 saturated heterocycles. The number of Topliss-reactive ketones (excluding diaryl/α,β-unsaturated/α-hetero) is 1. The molecule has 0 aromatic carbocycles.